The zero-order valence-corrected chi connectivity index (χ0v) is 17.0. The van der Waals surface area contributed by atoms with Crippen molar-refractivity contribution in [1.82, 2.24) is 19.7 Å². The lowest BCUT2D eigenvalue weighted by atomic mass is 9.88. The van der Waals surface area contributed by atoms with Gasteiger partial charge in [0.25, 0.3) is 0 Å². The van der Waals surface area contributed by atoms with Crippen LogP contribution in [-0.4, -0.2) is 44.0 Å². The van der Waals surface area contributed by atoms with Crippen LogP contribution in [0.25, 0.3) is 16.7 Å². The summed E-state index contributed by atoms with van der Waals surface area (Å²) >= 11 is 0. The van der Waals surface area contributed by atoms with Gasteiger partial charge in [-0.1, -0.05) is 26.0 Å². The second kappa shape index (κ2) is 6.02. The summed E-state index contributed by atoms with van der Waals surface area (Å²) in [5.74, 6) is 2.88. The number of anilines is 1. The maximum Gasteiger partial charge on any atom is 0.159 e. The molecule has 6 nitrogen and oxygen atoms in total. The normalized spacial score (nSPS) is 30.1. The van der Waals surface area contributed by atoms with Gasteiger partial charge in [0.2, 0.25) is 0 Å². The molecular weight excluding hydrogens is 362 g/mol. The van der Waals surface area contributed by atoms with Crippen LogP contribution in [0.3, 0.4) is 0 Å². The molecule has 3 aromatic rings. The highest BCUT2D eigenvalue weighted by Gasteiger charge is 2.62. The van der Waals surface area contributed by atoms with Gasteiger partial charge in [0.15, 0.2) is 5.82 Å². The fourth-order valence-corrected chi connectivity index (χ4v) is 5.33. The summed E-state index contributed by atoms with van der Waals surface area (Å²) < 4.78 is 1.94. The molecule has 2 saturated carbocycles. The molecular formula is C23H27N5O. The third-order valence-electron chi connectivity index (χ3n) is 7.44. The van der Waals surface area contributed by atoms with E-state index in [1.807, 2.05) is 16.9 Å². The molecule has 1 aromatic carbocycles. The van der Waals surface area contributed by atoms with Gasteiger partial charge in [-0.15, -0.1) is 0 Å². The second-order valence-electron chi connectivity index (χ2n) is 9.58. The van der Waals surface area contributed by atoms with Crippen LogP contribution in [-0.2, 0) is 0 Å². The van der Waals surface area contributed by atoms with Crippen molar-refractivity contribution in [3.8, 4) is 5.82 Å². The SMILES string of the molecule is CC1CN(c2cc(-n3ncc4ccc(C5CC56CC6)cc43)ncn2)CC(C)C1O. The van der Waals surface area contributed by atoms with Crippen LogP contribution >= 0.6 is 0 Å². The minimum Gasteiger partial charge on any atom is -0.392 e. The van der Waals surface area contributed by atoms with Gasteiger partial charge in [0.1, 0.15) is 12.1 Å². The first-order valence-corrected chi connectivity index (χ1v) is 10.8. The molecule has 0 amide bonds. The Hall–Kier alpha value is -2.47. The van der Waals surface area contributed by atoms with E-state index in [2.05, 4.69) is 52.0 Å². The molecule has 2 aliphatic carbocycles. The highest BCUT2D eigenvalue weighted by Crippen LogP contribution is 2.75. The van der Waals surface area contributed by atoms with Gasteiger partial charge in [0.05, 0.1) is 17.8 Å². The molecule has 1 saturated heterocycles. The Morgan fingerprint density at radius 1 is 1.03 bits per heavy atom. The van der Waals surface area contributed by atoms with E-state index in [0.29, 0.717) is 5.41 Å². The van der Waals surface area contributed by atoms with Crippen molar-refractivity contribution in [2.24, 2.45) is 17.3 Å². The first-order chi connectivity index (χ1) is 14.0. The summed E-state index contributed by atoms with van der Waals surface area (Å²) in [7, 11) is 0. The highest BCUT2D eigenvalue weighted by molar-refractivity contribution is 5.81. The number of aliphatic hydroxyl groups is 1. The summed E-state index contributed by atoms with van der Waals surface area (Å²) in [6, 6.07) is 8.80. The van der Waals surface area contributed by atoms with Crippen molar-refractivity contribution >= 4 is 16.7 Å². The van der Waals surface area contributed by atoms with Crippen LogP contribution in [0.5, 0.6) is 0 Å². The molecule has 0 bridgehead atoms. The van der Waals surface area contributed by atoms with Crippen LogP contribution in [0.2, 0.25) is 0 Å². The number of aliphatic hydroxyl groups excluding tert-OH is 1. The van der Waals surface area contributed by atoms with E-state index in [0.717, 1.165) is 41.5 Å². The lowest BCUT2D eigenvalue weighted by Gasteiger charge is -2.39. The van der Waals surface area contributed by atoms with Gasteiger partial charge in [-0.3, -0.25) is 0 Å². The van der Waals surface area contributed by atoms with E-state index in [1.54, 1.807) is 6.33 Å². The molecule has 29 heavy (non-hydrogen) atoms. The van der Waals surface area contributed by atoms with Crippen molar-refractivity contribution in [2.45, 2.75) is 45.1 Å². The topological polar surface area (TPSA) is 67.1 Å². The average molecular weight is 390 g/mol. The van der Waals surface area contributed by atoms with E-state index in [4.69, 9.17) is 0 Å². The Morgan fingerprint density at radius 2 is 1.79 bits per heavy atom. The third-order valence-corrected chi connectivity index (χ3v) is 7.44. The van der Waals surface area contributed by atoms with Gasteiger partial charge in [-0.2, -0.15) is 5.10 Å². The van der Waals surface area contributed by atoms with Gasteiger partial charge in [-0.25, -0.2) is 14.6 Å². The lowest BCUT2D eigenvalue weighted by molar-refractivity contribution is 0.0527. The first-order valence-electron chi connectivity index (χ1n) is 10.8. The zero-order chi connectivity index (χ0) is 19.8. The van der Waals surface area contributed by atoms with Crippen molar-refractivity contribution in [3.63, 3.8) is 0 Å². The smallest absolute Gasteiger partial charge is 0.159 e. The van der Waals surface area contributed by atoms with Crippen LogP contribution < -0.4 is 4.90 Å². The largest absolute Gasteiger partial charge is 0.392 e. The molecule has 3 unspecified atom stereocenters. The summed E-state index contributed by atoms with van der Waals surface area (Å²) in [5, 5.41) is 16.1. The maximum atomic E-state index is 10.3. The Balaban J connectivity index is 1.35. The average Bonchev–Trinajstić information content (AvgIpc) is 3.63. The fourth-order valence-electron chi connectivity index (χ4n) is 5.33. The zero-order valence-electron chi connectivity index (χ0n) is 17.0. The maximum absolute atomic E-state index is 10.3. The number of hydrogen-bond donors (Lipinski definition) is 1. The second-order valence-corrected chi connectivity index (χ2v) is 9.58. The molecule has 3 fully saturated rings. The van der Waals surface area contributed by atoms with Crippen molar-refractivity contribution < 1.29 is 5.11 Å². The lowest BCUT2D eigenvalue weighted by Crippen LogP contribution is -2.47. The predicted molar refractivity (Wildman–Crippen MR) is 112 cm³/mol. The van der Waals surface area contributed by atoms with Gasteiger partial charge >= 0.3 is 0 Å². The summed E-state index contributed by atoms with van der Waals surface area (Å²) in [4.78, 5) is 11.3. The van der Waals surface area contributed by atoms with E-state index < -0.39 is 0 Å². The Bertz CT molecular complexity index is 1080. The van der Waals surface area contributed by atoms with Gasteiger partial charge < -0.3 is 10.0 Å². The molecule has 1 aliphatic heterocycles. The van der Waals surface area contributed by atoms with Gasteiger partial charge in [-0.05, 0) is 54.1 Å². The van der Waals surface area contributed by atoms with Crippen LogP contribution in [0.15, 0.2) is 36.8 Å². The van der Waals surface area contributed by atoms with Crippen LogP contribution in [0.4, 0.5) is 5.82 Å². The molecule has 3 heterocycles. The molecule has 3 atom stereocenters. The van der Waals surface area contributed by atoms with Crippen molar-refractivity contribution in [2.75, 3.05) is 18.0 Å². The summed E-state index contributed by atoms with van der Waals surface area (Å²) in [5.41, 5.74) is 3.21. The molecule has 150 valence electrons. The number of piperidine rings is 1. The molecule has 6 rings (SSSR count). The van der Waals surface area contributed by atoms with E-state index in [-0.39, 0.29) is 17.9 Å². The predicted octanol–water partition coefficient (Wildman–Crippen LogP) is 3.54. The number of hydrogen-bond acceptors (Lipinski definition) is 5. The van der Waals surface area contributed by atoms with E-state index in [1.165, 1.54) is 24.8 Å². The van der Waals surface area contributed by atoms with Crippen molar-refractivity contribution in [1.29, 1.82) is 0 Å². The molecule has 1 N–H and O–H groups in total. The summed E-state index contributed by atoms with van der Waals surface area (Å²) in [6.45, 7) is 5.80. The third kappa shape index (κ3) is 2.76. The quantitative estimate of drug-likeness (QED) is 0.742. The molecule has 2 aromatic heterocycles. The Labute approximate surface area is 170 Å². The Morgan fingerprint density at radius 3 is 2.52 bits per heavy atom. The monoisotopic (exact) mass is 389 g/mol. The van der Waals surface area contributed by atoms with E-state index in [9.17, 15) is 5.11 Å². The van der Waals surface area contributed by atoms with E-state index >= 15 is 0 Å². The minimum absolute atomic E-state index is 0.221. The Kier molecular flexibility index (Phi) is 3.61. The number of rotatable bonds is 3. The molecule has 3 aliphatic rings. The first kappa shape index (κ1) is 17.4. The van der Waals surface area contributed by atoms with Crippen LogP contribution in [0, 0.1) is 17.3 Å². The summed E-state index contributed by atoms with van der Waals surface area (Å²) in [6.07, 6.45) is 7.43. The number of benzene rings is 1. The molecule has 6 heteroatoms. The van der Waals surface area contributed by atoms with Gasteiger partial charge in [0, 0.05) is 24.5 Å². The number of fused-ring (bicyclic) bond motifs is 1. The van der Waals surface area contributed by atoms with Crippen molar-refractivity contribution in [3.05, 3.63) is 42.4 Å². The fraction of sp³-hybridized carbons (Fsp3) is 0.522. The minimum atomic E-state index is -0.252. The highest BCUT2D eigenvalue weighted by atomic mass is 16.3. The number of nitrogens with zero attached hydrogens (tertiary/aromatic N) is 5. The molecule has 0 radical (unpaired) electrons. The molecule has 1 spiro atoms. The standard InChI is InChI=1S/C23H27N5O/c1-14-11-27(12-15(2)22(14)29)20-8-21(25-13-24-20)28-19-7-16(3-4-17(19)10-26-28)18-9-23(18)5-6-23/h3-4,7-8,10,13-15,18,22,29H,5-6,9,11-12H2,1-2H3. The van der Waals surface area contributed by atoms with Crippen LogP contribution in [0.1, 0.15) is 44.6 Å². The number of aromatic nitrogens is 4.